The summed E-state index contributed by atoms with van der Waals surface area (Å²) in [4.78, 5) is 49.6. The maximum absolute atomic E-state index is 13.5. The Hall–Kier alpha value is -5.78. The fourth-order valence-electron chi connectivity index (χ4n) is 7.26. The first kappa shape index (κ1) is 32.4. The Morgan fingerprint density at radius 2 is 1.18 bits per heavy atom. The van der Waals surface area contributed by atoms with Crippen LogP contribution >= 0.6 is 0 Å². The fourth-order valence-corrected chi connectivity index (χ4v) is 7.26. The number of pyridine rings is 4. The van der Waals surface area contributed by atoms with E-state index in [2.05, 4.69) is 44.5 Å². The number of hydrogen-bond acceptors (Lipinski definition) is 11. The Morgan fingerprint density at radius 1 is 0.627 bits per heavy atom. The highest BCUT2D eigenvalue weighted by Gasteiger charge is 2.33. The predicted octanol–water partition coefficient (Wildman–Crippen LogP) is 5.78. The summed E-state index contributed by atoms with van der Waals surface area (Å²) < 4.78 is 5.46. The standard InChI is InChI=1S/C40H38N8O3/c1-47(19-15-43-39-35-33(27-7-4-5-8-31(27)45-39)25-11-13-41-22-29(25)37(35)49)17-6-18-48(2)20-16-44-40-36-34(26-12-14-42-23-30(26)38(36)50)28-10-9-24(51-3)21-32(28)46-40/h4-5,7-14,21-23H,6,15-20H2,1-3H3,(H,43,45)(H,44,46). The molecule has 0 radical (unpaired) electrons. The number of para-hydroxylation sites is 1. The molecule has 0 unspecified atom stereocenters. The Morgan fingerprint density at radius 3 is 1.76 bits per heavy atom. The molecule has 0 atom stereocenters. The van der Waals surface area contributed by atoms with Crippen LogP contribution in [-0.4, -0.2) is 102 Å². The number of nitrogens with zero attached hydrogens (tertiary/aromatic N) is 6. The van der Waals surface area contributed by atoms with Gasteiger partial charge in [0.05, 0.1) is 29.3 Å². The van der Waals surface area contributed by atoms with Gasteiger partial charge in [-0.25, -0.2) is 9.97 Å². The van der Waals surface area contributed by atoms with Crippen molar-refractivity contribution in [1.82, 2.24) is 29.7 Å². The van der Waals surface area contributed by atoms with E-state index in [1.54, 1.807) is 31.9 Å². The maximum Gasteiger partial charge on any atom is 0.199 e. The van der Waals surface area contributed by atoms with Gasteiger partial charge >= 0.3 is 0 Å². The monoisotopic (exact) mass is 678 g/mol. The highest BCUT2D eigenvalue weighted by Crippen LogP contribution is 2.45. The number of aromatic nitrogens is 4. The SMILES string of the molecule is COc1ccc2c3c(c(NCCN(C)CCCN(C)CCNc4nc5ccccc5c5c4C(=O)c4cnccc4-5)nc2c1)C(=O)c1cnccc1-3. The lowest BCUT2D eigenvalue weighted by atomic mass is 10.0. The van der Waals surface area contributed by atoms with Crippen LogP contribution in [0.4, 0.5) is 11.6 Å². The third-order valence-electron chi connectivity index (χ3n) is 9.86. The molecule has 2 aliphatic rings. The van der Waals surface area contributed by atoms with Gasteiger partial charge in [0.25, 0.3) is 0 Å². The minimum atomic E-state index is -0.0542. The number of ether oxygens (including phenoxy) is 1. The Balaban J connectivity index is 0.857. The van der Waals surface area contributed by atoms with E-state index < -0.39 is 0 Å². The zero-order valence-corrected chi connectivity index (χ0v) is 28.9. The Labute approximate surface area is 295 Å². The van der Waals surface area contributed by atoms with Crippen LogP contribution in [0.2, 0.25) is 0 Å². The lowest BCUT2D eigenvalue weighted by Gasteiger charge is -2.21. The fraction of sp³-hybridized carbons (Fsp3) is 0.250. The lowest BCUT2D eigenvalue weighted by molar-refractivity contribution is 0.103. The number of ketones is 2. The molecule has 51 heavy (non-hydrogen) atoms. The number of hydrogen-bond donors (Lipinski definition) is 2. The van der Waals surface area contributed by atoms with E-state index in [0.29, 0.717) is 52.7 Å². The highest BCUT2D eigenvalue weighted by molar-refractivity contribution is 6.28. The van der Waals surface area contributed by atoms with Crippen molar-refractivity contribution in [1.29, 1.82) is 0 Å². The molecule has 2 aliphatic carbocycles. The van der Waals surface area contributed by atoms with Gasteiger partial charge in [0.1, 0.15) is 17.4 Å². The van der Waals surface area contributed by atoms with Crippen molar-refractivity contribution in [3.05, 3.63) is 102 Å². The summed E-state index contributed by atoms with van der Waals surface area (Å²) in [6.07, 6.45) is 7.74. The largest absolute Gasteiger partial charge is 0.497 e. The van der Waals surface area contributed by atoms with E-state index >= 15 is 0 Å². The molecule has 4 aromatic heterocycles. The first-order chi connectivity index (χ1) is 24.9. The average Bonchev–Trinajstić information content (AvgIpc) is 3.63. The van der Waals surface area contributed by atoms with Gasteiger partial charge in [-0.1, -0.05) is 18.2 Å². The second-order valence-electron chi connectivity index (χ2n) is 13.1. The van der Waals surface area contributed by atoms with Gasteiger partial charge in [-0.3, -0.25) is 19.6 Å². The van der Waals surface area contributed by atoms with Crippen LogP contribution in [0.3, 0.4) is 0 Å². The van der Waals surface area contributed by atoms with Gasteiger partial charge < -0.3 is 25.2 Å². The molecule has 0 fully saturated rings. The number of likely N-dealkylation sites (N-methyl/N-ethyl adjacent to an activating group) is 2. The van der Waals surface area contributed by atoms with Crippen LogP contribution in [0.1, 0.15) is 38.3 Å². The molecular formula is C40H38N8O3. The molecule has 2 aromatic carbocycles. The minimum Gasteiger partial charge on any atom is -0.497 e. The van der Waals surface area contributed by atoms with Gasteiger partial charge in [-0.05, 0) is 75.1 Å². The van der Waals surface area contributed by atoms with Crippen molar-refractivity contribution in [2.24, 2.45) is 0 Å². The second-order valence-corrected chi connectivity index (χ2v) is 13.1. The van der Waals surface area contributed by atoms with E-state index in [9.17, 15) is 9.59 Å². The molecule has 4 heterocycles. The number of rotatable bonds is 13. The van der Waals surface area contributed by atoms with E-state index in [1.807, 2.05) is 54.6 Å². The van der Waals surface area contributed by atoms with Gasteiger partial charge in [-0.15, -0.1) is 0 Å². The smallest absolute Gasteiger partial charge is 0.199 e. The Bertz CT molecular complexity index is 2340. The molecule has 11 nitrogen and oxygen atoms in total. The molecule has 0 saturated heterocycles. The second kappa shape index (κ2) is 13.5. The van der Waals surface area contributed by atoms with Crippen LogP contribution in [0.15, 0.2) is 79.4 Å². The molecule has 256 valence electrons. The van der Waals surface area contributed by atoms with Crippen molar-refractivity contribution >= 4 is 45.0 Å². The van der Waals surface area contributed by atoms with Gasteiger partial charge in [0.15, 0.2) is 11.6 Å². The van der Waals surface area contributed by atoms with E-state index in [0.717, 1.165) is 76.7 Å². The summed E-state index contributed by atoms with van der Waals surface area (Å²) in [5.74, 6) is 1.84. The van der Waals surface area contributed by atoms with Gasteiger partial charge in [-0.2, -0.15) is 0 Å². The van der Waals surface area contributed by atoms with E-state index in [1.165, 1.54) is 0 Å². The van der Waals surface area contributed by atoms with Crippen molar-refractivity contribution in [2.45, 2.75) is 6.42 Å². The zero-order valence-electron chi connectivity index (χ0n) is 28.9. The van der Waals surface area contributed by atoms with Crippen LogP contribution < -0.4 is 15.4 Å². The topological polar surface area (TPSA) is 125 Å². The summed E-state index contributed by atoms with van der Waals surface area (Å²) in [6, 6.07) is 17.6. The van der Waals surface area contributed by atoms with Crippen molar-refractivity contribution in [2.75, 3.05) is 71.1 Å². The van der Waals surface area contributed by atoms with Crippen LogP contribution in [0, 0.1) is 0 Å². The number of carbonyl (C=O) groups is 2. The van der Waals surface area contributed by atoms with Crippen molar-refractivity contribution in [3.63, 3.8) is 0 Å². The summed E-state index contributed by atoms with van der Waals surface area (Å²) in [6.45, 7) is 4.70. The van der Waals surface area contributed by atoms with Crippen molar-refractivity contribution in [3.8, 4) is 28.0 Å². The van der Waals surface area contributed by atoms with E-state index in [4.69, 9.17) is 14.7 Å². The van der Waals surface area contributed by atoms with Crippen LogP contribution in [-0.2, 0) is 0 Å². The van der Waals surface area contributed by atoms with Crippen LogP contribution in [0.5, 0.6) is 5.75 Å². The first-order valence-electron chi connectivity index (χ1n) is 17.2. The molecule has 0 bridgehead atoms. The highest BCUT2D eigenvalue weighted by atomic mass is 16.5. The molecule has 0 saturated carbocycles. The van der Waals surface area contributed by atoms with Crippen LogP contribution in [0.25, 0.3) is 44.1 Å². The molecule has 6 aromatic rings. The molecule has 8 rings (SSSR count). The van der Waals surface area contributed by atoms with E-state index in [-0.39, 0.29) is 11.6 Å². The van der Waals surface area contributed by atoms with Gasteiger partial charge in [0.2, 0.25) is 0 Å². The summed E-state index contributed by atoms with van der Waals surface area (Å²) in [7, 11) is 5.85. The molecular weight excluding hydrogens is 640 g/mol. The van der Waals surface area contributed by atoms with Crippen molar-refractivity contribution < 1.29 is 14.3 Å². The predicted molar refractivity (Wildman–Crippen MR) is 200 cm³/mol. The average molecular weight is 679 g/mol. The van der Waals surface area contributed by atoms with Gasteiger partial charge in [0, 0.05) is 90.1 Å². The first-order valence-corrected chi connectivity index (χ1v) is 17.2. The minimum absolute atomic E-state index is 0.0326. The number of carbonyl (C=O) groups excluding carboxylic acids is 2. The molecule has 0 spiro atoms. The Kier molecular flexibility index (Phi) is 8.58. The normalized spacial score (nSPS) is 12.8. The number of methoxy groups -OCH3 is 1. The number of fused-ring (bicyclic) bond motifs is 10. The quantitative estimate of drug-likeness (QED) is 0.154. The lowest BCUT2D eigenvalue weighted by Crippen LogP contribution is -2.31. The third-order valence-corrected chi connectivity index (χ3v) is 9.86. The summed E-state index contributed by atoms with van der Waals surface area (Å²) >= 11 is 0. The number of benzene rings is 2. The molecule has 2 N–H and O–H groups in total. The number of nitrogens with one attached hydrogen (secondary N) is 2. The zero-order chi connectivity index (χ0) is 35.1. The maximum atomic E-state index is 13.5. The summed E-state index contributed by atoms with van der Waals surface area (Å²) in [5, 5.41) is 8.82. The summed E-state index contributed by atoms with van der Waals surface area (Å²) in [5.41, 5.74) is 7.72. The molecule has 0 amide bonds. The molecule has 11 heteroatoms. The number of anilines is 2. The third kappa shape index (κ3) is 5.84. The molecule has 0 aliphatic heterocycles.